The number of fused-ring (bicyclic) bond motifs is 1. The Morgan fingerprint density at radius 3 is 1.92 bits per heavy atom. The predicted octanol–water partition coefficient (Wildman–Crippen LogP) is 3.09. The van der Waals surface area contributed by atoms with Crippen molar-refractivity contribution < 1.29 is 0 Å². The summed E-state index contributed by atoms with van der Waals surface area (Å²) >= 11 is 1.96. The molecule has 0 saturated heterocycles. The lowest BCUT2D eigenvalue weighted by Crippen LogP contribution is -2.24. The van der Waals surface area contributed by atoms with E-state index >= 15 is 0 Å². The molecule has 0 radical (unpaired) electrons. The monoisotopic (exact) mass is 195 g/mol. The molecule has 72 valence electrons. The lowest BCUT2D eigenvalue weighted by atomic mass is 10.2. The van der Waals surface area contributed by atoms with Crippen LogP contribution in [0.2, 0.25) is 0 Å². The highest BCUT2D eigenvalue weighted by atomic mass is 32.1. The number of hydrogen-bond donors (Lipinski definition) is 0. The Morgan fingerprint density at radius 2 is 1.54 bits per heavy atom. The fourth-order valence-corrected chi connectivity index (χ4v) is 3.10. The molecule has 0 saturated carbocycles. The molecule has 1 aromatic heterocycles. The standard InChI is InChI=1S/C11H17NS/c1-7(2)12-5-10-8(3)13-9(4)11(10)6-12/h7H,5-6H2,1-4H3. The normalized spacial score (nSPS) is 17.0. The minimum atomic E-state index is 0.677. The van der Waals surface area contributed by atoms with Gasteiger partial charge in [0.25, 0.3) is 0 Å². The summed E-state index contributed by atoms with van der Waals surface area (Å²) in [7, 11) is 0. The van der Waals surface area contributed by atoms with E-state index in [1.807, 2.05) is 11.3 Å². The molecule has 1 aromatic rings. The number of hydrogen-bond acceptors (Lipinski definition) is 2. The topological polar surface area (TPSA) is 3.24 Å². The summed E-state index contributed by atoms with van der Waals surface area (Å²) in [5, 5.41) is 0. The van der Waals surface area contributed by atoms with E-state index in [0.717, 1.165) is 0 Å². The third kappa shape index (κ3) is 1.42. The predicted molar refractivity (Wildman–Crippen MR) is 58.2 cm³/mol. The molecule has 0 fully saturated rings. The molecule has 1 aliphatic rings. The van der Waals surface area contributed by atoms with Crippen LogP contribution in [0.4, 0.5) is 0 Å². The summed E-state index contributed by atoms with van der Waals surface area (Å²) in [4.78, 5) is 5.59. The molecule has 2 heteroatoms. The van der Waals surface area contributed by atoms with E-state index in [1.165, 1.54) is 22.8 Å². The second-order valence-corrected chi connectivity index (χ2v) is 5.60. The first kappa shape index (κ1) is 9.22. The van der Waals surface area contributed by atoms with E-state index in [2.05, 4.69) is 32.6 Å². The Morgan fingerprint density at radius 1 is 1.08 bits per heavy atom. The van der Waals surface area contributed by atoms with Crippen LogP contribution in [-0.4, -0.2) is 10.9 Å². The second kappa shape index (κ2) is 3.10. The van der Waals surface area contributed by atoms with Crippen LogP contribution in [0.1, 0.15) is 34.7 Å². The third-order valence-electron chi connectivity index (χ3n) is 2.97. The molecule has 0 bridgehead atoms. The van der Waals surface area contributed by atoms with Gasteiger partial charge in [0.05, 0.1) is 0 Å². The fraction of sp³-hybridized carbons (Fsp3) is 0.636. The zero-order valence-electron chi connectivity index (χ0n) is 8.85. The average molecular weight is 195 g/mol. The smallest absolute Gasteiger partial charge is 0.0254 e. The van der Waals surface area contributed by atoms with Crippen LogP contribution in [0.3, 0.4) is 0 Å². The van der Waals surface area contributed by atoms with Crippen molar-refractivity contribution in [3.63, 3.8) is 0 Å². The van der Waals surface area contributed by atoms with Gasteiger partial charge in [0, 0.05) is 28.9 Å². The van der Waals surface area contributed by atoms with Gasteiger partial charge in [-0.15, -0.1) is 11.3 Å². The maximum Gasteiger partial charge on any atom is 0.0254 e. The second-order valence-electron chi connectivity index (χ2n) is 4.17. The van der Waals surface area contributed by atoms with Gasteiger partial charge in [-0.05, 0) is 38.8 Å². The van der Waals surface area contributed by atoms with Crippen molar-refractivity contribution in [1.29, 1.82) is 0 Å². The summed E-state index contributed by atoms with van der Waals surface area (Å²) in [6.45, 7) is 11.4. The lowest BCUT2D eigenvalue weighted by molar-refractivity contribution is 0.227. The maximum absolute atomic E-state index is 2.54. The average Bonchev–Trinajstić information content (AvgIpc) is 2.55. The van der Waals surface area contributed by atoms with E-state index in [1.54, 1.807) is 11.1 Å². The Kier molecular flexibility index (Phi) is 2.20. The fourth-order valence-electron chi connectivity index (χ4n) is 2.02. The van der Waals surface area contributed by atoms with Crippen LogP contribution in [0.15, 0.2) is 0 Å². The first-order chi connectivity index (χ1) is 6.09. The Balaban J connectivity index is 2.31. The molecule has 0 aromatic carbocycles. The quantitative estimate of drug-likeness (QED) is 0.665. The van der Waals surface area contributed by atoms with E-state index in [0.29, 0.717) is 6.04 Å². The highest BCUT2D eigenvalue weighted by Crippen LogP contribution is 2.35. The molecule has 0 atom stereocenters. The van der Waals surface area contributed by atoms with E-state index in [4.69, 9.17) is 0 Å². The van der Waals surface area contributed by atoms with E-state index in [-0.39, 0.29) is 0 Å². The van der Waals surface area contributed by atoms with Crippen LogP contribution in [0, 0.1) is 13.8 Å². The third-order valence-corrected chi connectivity index (χ3v) is 4.08. The van der Waals surface area contributed by atoms with Crippen LogP contribution >= 0.6 is 11.3 Å². The van der Waals surface area contributed by atoms with Gasteiger partial charge in [0.2, 0.25) is 0 Å². The van der Waals surface area contributed by atoms with Crippen LogP contribution < -0.4 is 0 Å². The van der Waals surface area contributed by atoms with Crippen molar-refractivity contribution in [2.24, 2.45) is 0 Å². The zero-order valence-corrected chi connectivity index (χ0v) is 9.66. The number of nitrogens with zero attached hydrogens (tertiary/aromatic N) is 1. The molecule has 0 unspecified atom stereocenters. The number of thiophene rings is 1. The molecule has 2 heterocycles. The van der Waals surface area contributed by atoms with Crippen LogP contribution in [0.5, 0.6) is 0 Å². The van der Waals surface area contributed by atoms with E-state index < -0.39 is 0 Å². The summed E-state index contributed by atoms with van der Waals surface area (Å²) in [6.07, 6.45) is 0. The van der Waals surface area contributed by atoms with Crippen LogP contribution in [-0.2, 0) is 13.1 Å². The van der Waals surface area contributed by atoms with Crippen molar-refractivity contribution in [2.45, 2.75) is 46.8 Å². The molecule has 0 spiro atoms. The molecular formula is C11H17NS. The molecule has 0 amide bonds. The Labute approximate surface area is 84.4 Å². The van der Waals surface area contributed by atoms with Crippen molar-refractivity contribution >= 4 is 11.3 Å². The molecule has 0 aliphatic carbocycles. The van der Waals surface area contributed by atoms with E-state index in [9.17, 15) is 0 Å². The first-order valence-corrected chi connectivity index (χ1v) is 5.73. The van der Waals surface area contributed by atoms with Gasteiger partial charge < -0.3 is 0 Å². The molecule has 13 heavy (non-hydrogen) atoms. The van der Waals surface area contributed by atoms with Crippen molar-refractivity contribution in [2.75, 3.05) is 0 Å². The summed E-state index contributed by atoms with van der Waals surface area (Å²) in [5.74, 6) is 0. The summed E-state index contributed by atoms with van der Waals surface area (Å²) in [6, 6.07) is 0.677. The molecule has 0 N–H and O–H groups in total. The summed E-state index contributed by atoms with van der Waals surface area (Å²) < 4.78 is 0. The molecule has 2 rings (SSSR count). The number of rotatable bonds is 1. The molecule has 1 aliphatic heterocycles. The van der Waals surface area contributed by atoms with Gasteiger partial charge >= 0.3 is 0 Å². The lowest BCUT2D eigenvalue weighted by Gasteiger charge is -2.19. The van der Waals surface area contributed by atoms with Gasteiger partial charge in [-0.25, -0.2) is 0 Å². The first-order valence-electron chi connectivity index (χ1n) is 4.91. The van der Waals surface area contributed by atoms with Crippen LogP contribution in [0.25, 0.3) is 0 Å². The zero-order chi connectivity index (χ0) is 9.59. The van der Waals surface area contributed by atoms with Crippen molar-refractivity contribution in [1.82, 2.24) is 4.90 Å². The molecular weight excluding hydrogens is 178 g/mol. The Hall–Kier alpha value is -0.340. The number of aryl methyl sites for hydroxylation is 2. The Bertz CT molecular complexity index is 299. The van der Waals surface area contributed by atoms with Gasteiger partial charge in [0.1, 0.15) is 0 Å². The highest BCUT2D eigenvalue weighted by molar-refractivity contribution is 7.12. The van der Waals surface area contributed by atoms with Gasteiger partial charge in [-0.3, -0.25) is 4.90 Å². The van der Waals surface area contributed by atoms with Gasteiger partial charge in [-0.2, -0.15) is 0 Å². The molecule has 1 nitrogen and oxygen atoms in total. The van der Waals surface area contributed by atoms with Crippen molar-refractivity contribution in [3.05, 3.63) is 20.9 Å². The van der Waals surface area contributed by atoms with Gasteiger partial charge in [0.15, 0.2) is 0 Å². The highest BCUT2D eigenvalue weighted by Gasteiger charge is 2.25. The minimum absolute atomic E-state index is 0.677. The largest absolute Gasteiger partial charge is 0.292 e. The maximum atomic E-state index is 2.54. The van der Waals surface area contributed by atoms with Crippen molar-refractivity contribution in [3.8, 4) is 0 Å². The van der Waals surface area contributed by atoms with Gasteiger partial charge in [-0.1, -0.05) is 0 Å². The minimum Gasteiger partial charge on any atom is -0.292 e. The summed E-state index contributed by atoms with van der Waals surface area (Å²) in [5.41, 5.74) is 3.22. The SMILES string of the molecule is Cc1sc(C)c2c1CN(C(C)C)C2.